The van der Waals surface area contributed by atoms with Gasteiger partial charge in [-0.3, -0.25) is 9.52 Å². The van der Waals surface area contributed by atoms with Gasteiger partial charge in [0.05, 0.1) is 20.0 Å². The predicted octanol–water partition coefficient (Wildman–Crippen LogP) is 6.23. The minimum Gasteiger partial charge on any atom is -0.481 e. The fourth-order valence-corrected chi connectivity index (χ4v) is 5.23. The van der Waals surface area contributed by atoms with Gasteiger partial charge in [-0.2, -0.15) is 0 Å². The van der Waals surface area contributed by atoms with E-state index in [-0.39, 0.29) is 40.9 Å². The lowest BCUT2D eigenvalue weighted by Gasteiger charge is -2.13. The monoisotopic (exact) mass is 559 g/mol. The molecule has 0 aliphatic carbocycles. The second-order valence-corrected chi connectivity index (χ2v) is 10.2. The second kappa shape index (κ2) is 9.99. The van der Waals surface area contributed by atoms with Crippen molar-refractivity contribution in [1.29, 1.82) is 0 Å². The number of rotatable bonds is 7. The van der Waals surface area contributed by atoms with Crippen LogP contribution in [-0.2, 0) is 14.8 Å². The third kappa shape index (κ3) is 5.67. The summed E-state index contributed by atoms with van der Waals surface area (Å²) in [5.74, 6) is -0.654. The number of aromatic nitrogens is 1. The first-order valence-electron chi connectivity index (χ1n) is 8.06. The van der Waals surface area contributed by atoms with Crippen molar-refractivity contribution < 1.29 is 17.9 Å². The number of amides is 1. The van der Waals surface area contributed by atoms with Gasteiger partial charge in [0, 0.05) is 17.3 Å². The lowest BCUT2D eigenvalue weighted by molar-refractivity contribution is -0.118. The van der Waals surface area contributed by atoms with Crippen molar-refractivity contribution in [1.82, 2.24) is 4.98 Å². The van der Waals surface area contributed by atoms with E-state index in [0.717, 1.165) is 11.3 Å². The zero-order valence-corrected chi connectivity index (χ0v) is 20.4. The number of sulfonamides is 1. The van der Waals surface area contributed by atoms with Crippen LogP contribution in [-0.4, -0.2) is 25.9 Å². The van der Waals surface area contributed by atoms with Crippen molar-refractivity contribution in [3.05, 3.63) is 61.0 Å². The van der Waals surface area contributed by atoms with Crippen molar-refractivity contribution in [3.63, 3.8) is 0 Å². The summed E-state index contributed by atoms with van der Waals surface area (Å²) >= 11 is 31.1. The number of carbonyl (C=O) groups is 1. The maximum Gasteiger partial charge on any atom is 0.263 e. The van der Waals surface area contributed by atoms with Gasteiger partial charge in [-0.1, -0.05) is 58.0 Å². The normalized spacial score (nSPS) is 11.3. The van der Waals surface area contributed by atoms with Crippen LogP contribution in [0.25, 0.3) is 0 Å². The largest absolute Gasteiger partial charge is 0.481 e. The molecule has 2 N–H and O–H groups in total. The van der Waals surface area contributed by atoms with Crippen molar-refractivity contribution >= 4 is 96.1 Å². The maximum absolute atomic E-state index is 12.3. The number of benzene rings is 2. The van der Waals surface area contributed by atoms with Crippen molar-refractivity contribution in [2.45, 2.75) is 4.90 Å². The van der Waals surface area contributed by atoms with Crippen LogP contribution in [0.5, 0.6) is 5.75 Å². The fraction of sp³-hybridized carbons (Fsp3) is 0.0588. The Labute approximate surface area is 206 Å². The van der Waals surface area contributed by atoms with Crippen molar-refractivity contribution in [2.75, 3.05) is 16.6 Å². The third-order valence-corrected chi connectivity index (χ3v) is 8.03. The molecule has 0 saturated carbocycles. The molecule has 3 rings (SSSR count). The molecule has 0 aliphatic rings. The number of anilines is 2. The Kier molecular flexibility index (Phi) is 7.80. The highest BCUT2D eigenvalue weighted by molar-refractivity contribution is 7.93. The van der Waals surface area contributed by atoms with Gasteiger partial charge in [0.1, 0.15) is 10.0 Å². The van der Waals surface area contributed by atoms with E-state index in [1.54, 1.807) is 5.38 Å². The van der Waals surface area contributed by atoms with E-state index in [1.165, 1.54) is 30.5 Å². The van der Waals surface area contributed by atoms with Gasteiger partial charge in [0.15, 0.2) is 17.5 Å². The minimum absolute atomic E-state index is 0.000889. The Morgan fingerprint density at radius 2 is 1.55 bits per heavy atom. The molecule has 2 aromatic carbocycles. The third-order valence-electron chi connectivity index (χ3n) is 3.62. The summed E-state index contributed by atoms with van der Waals surface area (Å²) in [4.78, 5) is 16.1. The molecule has 0 radical (unpaired) electrons. The molecular weight excluding hydrogens is 552 g/mol. The molecule has 1 heterocycles. The van der Waals surface area contributed by atoms with Gasteiger partial charge in [-0.15, -0.1) is 11.3 Å². The zero-order valence-electron chi connectivity index (χ0n) is 15.0. The van der Waals surface area contributed by atoms with E-state index in [2.05, 4.69) is 15.0 Å². The number of nitrogens with one attached hydrogen (secondary N) is 2. The highest BCUT2D eigenvalue weighted by atomic mass is 35.5. The van der Waals surface area contributed by atoms with E-state index >= 15 is 0 Å². The van der Waals surface area contributed by atoms with E-state index in [4.69, 9.17) is 62.7 Å². The first-order valence-corrected chi connectivity index (χ1v) is 12.3. The molecule has 0 saturated heterocycles. The number of hydrogen-bond donors (Lipinski definition) is 2. The number of nitrogens with zero attached hydrogens (tertiary/aromatic N) is 1. The quantitative estimate of drug-likeness (QED) is 0.263. The van der Waals surface area contributed by atoms with Gasteiger partial charge >= 0.3 is 0 Å². The topological polar surface area (TPSA) is 97.4 Å². The second-order valence-electron chi connectivity index (χ2n) is 5.70. The highest BCUT2D eigenvalue weighted by Crippen LogP contribution is 2.48. The predicted molar refractivity (Wildman–Crippen MR) is 125 cm³/mol. The summed E-state index contributed by atoms with van der Waals surface area (Å²) in [5, 5.41) is 4.11. The average molecular weight is 562 g/mol. The fourth-order valence-electron chi connectivity index (χ4n) is 2.21. The standard InChI is InChI=1S/C17H10Cl5N3O4S2/c18-11-12(19)14(21)16(15(22)13(11)20)29-7-10(26)24-8-1-3-9(4-2-8)31(27,28)25-17-23-5-6-30-17/h1-6H,7H2,(H,23,25)(H,24,26). The summed E-state index contributed by atoms with van der Waals surface area (Å²) in [5.41, 5.74) is 0.339. The van der Waals surface area contributed by atoms with E-state index in [0.29, 0.717) is 5.69 Å². The van der Waals surface area contributed by atoms with Crippen molar-refractivity contribution in [2.24, 2.45) is 0 Å². The summed E-state index contributed by atoms with van der Waals surface area (Å²) in [6.07, 6.45) is 1.48. The molecular formula is C17H10Cl5N3O4S2. The maximum atomic E-state index is 12.3. The molecule has 14 heteroatoms. The first-order chi connectivity index (χ1) is 14.6. The summed E-state index contributed by atoms with van der Waals surface area (Å²) in [6.45, 7) is -0.473. The van der Waals surface area contributed by atoms with Crippen molar-refractivity contribution in [3.8, 4) is 5.75 Å². The lowest BCUT2D eigenvalue weighted by Crippen LogP contribution is -2.20. The smallest absolute Gasteiger partial charge is 0.263 e. The molecule has 0 bridgehead atoms. The van der Waals surface area contributed by atoms with E-state index in [9.17, 15) is 13.2 Å². The highest BCUT2D eigenvalue weighted by Gasteiger charge is 2.21. The summed E-state index contributed by atoms with van der Waals surface area (Å²) in [7, 11) is -3.80. The molecule has 0 spiro atoms. The molecule has 0 unspecified atom stereocenters. The van der Waals surface area contributed by atoms with E-state index in [1.807, 2.05) is 0 Å². The van der Waals surface area contributed by atoms with Gasteiger partial charge in [0.25, 0.3) is 15.9 Å². The molecule has 1 aromatic heterocycles. The molecule has 3 aromatic rings. The number of carbonyl (C=O) groups excluding carboxylic acids is 1. The molecule has 164 valence electrons. The molecule has 7 nitrogen and oxygen atoms in total. The van der Waals surface area contributed by atoms with Gasteiger partial charge in [-0.25, -0.2) is 13.4 Å². The summed E-state index contributed by atoms with van der Waals surface area (Å²) in [6, 6.07) is 5.51. The van der Waals surface area contributed by atoms with Crippen LogP contribution in [0.4, 0.5) is 10.8 Å². The van der Waals surface area contributed by atoms with Gasteiger partial charge < -0.3 is 10.1 Å². The molecule has 1 amide bonds. The molecule has 0 aliphatic heterocycles. The Hall–Kier alpha value is -1.46. The SMILES string of the molecule is O=C(COc1c(Cl)c(Cl)c(Cl)c(Cl)c1Cl)Nc1ccc(S(=O)(=O)Nc2nccs2)cc1. The average Bonchev–Trinajstić information content (AvgIpc) is 3.23. The first kappa shape index (κ1) is 24.2. The Morgan fingerprint density at radius 3 is 2.10 bits per heavy atom. The number of hydrogen-bond acceptors (Lipinski definition) is 6. The molecule has 0 atom stereocenters. The number of halogens is 5. The van der Waals surface area contributed by atoms with Crippen LogP contribution in [0.15, 0.2) is 40.7 Å². The van der Waals surface area contributed by atoms with Gasteiger partial charge in [0.2, 0.25) is 0 Å². The Balaban J connectivity index is 1.64. The Bertz CT molecular complexity index is 1190. The van der Waals surface area contributed by atoms with E-state index < -0.39 is 22.5 Å². The van der Waals surface area contributed by atoms with Crippen LogP contribution in [0, 0.1) is 0 Å². The lowest BCUT2D eigenvalue weighted by atomic mass is 10.3. The zero-order chi connectivity index (χ0) is 22.8. The van der Waals surface area contributed by atoms with Crippen LogP contribution < -0.4 is 14.8 Å². The summed E-state index contributed by atoms with van der Waals surface area (Å²) < 4.78 is 32.3. The Morgan fingerprint density at radius 1 is 0.968 bits per heavy atom. The molecule has 31 heavy (non-hydrogen) atoms. The van der Waals surface area contributed by atoms with Crippen LogP contribution in [0.2, 0.25) is 25.1 Å². The molecule has 0 fully saturated rings. The van der Waals surface area contributed by atoms with Gasteiger partial charge in [-0.05, 0) is 24.3 Å². The minimum atomic E-state index is -3.80. The van der Waals surface area contributed by atoms with Crippen LogP contribution >= 0.6 is 69.3 Å². The van der Waals surface area contributed by atoms with Crippen LogP contribution in [0.3, 0.4) is 0 Å². The van der Waals surface area contributed by atoms with Crippen LogP contribution in [0.1, 0.15) is 0 Å². The number of thiazole rings is 1. The number of ether oxygens (including phenoxy) is 1.